The van der Waals surface area contributed by atoms with E-state index in [0.717, 1.165) is 35.3 Å². The van der Waals surface area contributed by atoms with Crippen LogP contribution in [0.2, 0.25) is 5.02 Å². The van der Waals surface area contributed by atoms with Gasteiger partial charge in [0.2, 0.25) is 0 Å². The number of nitrogens with one attached hydrogen (secondary N) is 2. The number of aromatic amines is 1. The molecule has 1 aliphatic rings. The van der Waals surface area contributed by atoms with Crippen LogP contribution in [0.25, 0.3) is 11.3 Å². The van der Waals surface area contributed by atoms with Crippen LogP contribution in [0, 0.1) is 5.92 Å². The predicted octanol–water partition coefficient (Wildman–Crippen LogP) is 3.16. The van der Waals surface area contributed by atoms with E-state index in [2.05, 4.69) is 27.3 Å². The van der Waals surface area contributed by atoms with Crippen LogP contribution in [0.15, 0.2) is 30.5 Å². The van der Waals surface area contributed by atoms with Gasteiger partial charge in [0.15, 0.2) is 0 Å². The molecule has 1 aromatic heterocycles. The summed E-state index contributed by atoms with van der Waals surface area (Å²) in [5.41, 5.74) is 3.40. The highest BCUT2D eigenvalue weighted by Crippen LogP contribution is 2.23. The van der Waals surface area contributed by atoms with Gasteiger partial charge in [-0.15, -0.1) is 0 Å². The van der Waals surface area contributed by atoms with E-state index >= 15 is 0 Å². The second-order valence-electron chi connectivity index (χ2n) is 5.96. The number of aromatic nitrogens is 2. The molecule has 1 saturated heterocycles. The molecule has 3 rings (SSSR count). The van der Waals surface area contributed by atoms with Crippen molar-refractivity contribution in [1.82, 2.24) is 20.4 Å². The number of H-pyrrole nitrogens is 1. The fourth-order valence-electron chi connectivity index (χ4n) is 3.09. The van der Waals surface area contributed by atoms with E-state index in [1.165, 1.54) is 31.6 Å². The van der Waals surface area contributed by atoms with Crippen molar-refractivity contribution in [2.75, 3.05) is 26.2 Å². The minimum absolute atomic E-state index is 0.754. The average molecular weight is 319 g/mol. The number of hydrogen-bond acceptors (Lipinski definition) is 3. The van der Waals surface area contributed by atoms with Gasteiger partial charge in [0.1, 0.15) is 0 Å². The Morgan fingerprint density at radius 3 is 2.91 bits per heavy atom. The molecule has 118 valence electrons. The Labute approximate surface area is 136 Å². The first-order valence-electron chi connectivity index (χ1n) is 7.97. The number of hydrogen-bond donors (Lipinski definition) is 2. The Kier molecular flexibility index (Phi) is 5.13. The third-order valence-electron chi connectivity index (χ3n) is 4.42. The van der Waals surface area contributed by atoms with E-state index in [0.29, 0.717) is 0 Å². The Bertz CT molecular complexity index is 593. The van der Waals surface area contributed by atoms with Crippen molar-refractivity contribution in [2.45, 2.75) is 19.9 Å². The average Bonchev–Trinajstić information content (AvgIpc) is 3.17. The number of halogens is 1. The molecule has 5 heteroatoms. The van der Waals surface area contributed by atoms with E-state index in [1.54, 1.807) is 0 Å². The topological polar surface area (TPSA) is 44.0 Å². The molecule has 1 atom stereocenters. The second kappa shape index (κ2) is 7.27. The smallest absolute Gasteiger partial charge is 0.0695 e. The summed E-state index contributed by atoms with van der Waals surface area (Å²) in [6.45, 7) is 7.78. The number of benzene rings is 1. The molecule has 2 aromatic rings. The second-order valence-corrected chi connectivity index (χ2v) is 6.39. The largest absolute Gasteiger partial charge is 0.312 e. The summed E-state index contributed by atoms with van der Waals surface area (Å²) in [5, 5.41) is 11.6. The van der Waals surface area contributed by atoms with Crippen molar-refractivity contribution < 1.29 is 0 Å². The standard InChI is InChI=1S/C17H23ClN4/c1-2-22-8-7-13(12-22)9-19-10-15-11-20-21-17(15)14-3-5-16(18)6-4-14/h3-6,11,13,19H,2,7-10,12H2,1H3,(H,20,21)/t13-/m0/s1. The lowest BCUT2D eigenvalue weighted by atomic mass is 10.1. The van der Waals surface area contributed by atoms with Gasteiger partial charge >= 0.3 is 0 Å². The van der Waals surface area contributed by atoms with Crippen LogP contribution >= 0.6 is 11.6 Å². The van der Waals surface area contributed by atoms with Crippen LogP contribution in [0.5, 0.6) is 0 Å². The summed E-state index contributed by atoms with van der Waals surface area (Å²) in [4.78, 5) is 2.52. The molecule has 0 unspecified atom stereocenters. The first-order chi connectivity index (χ1) is 10.8. The van der Waals surface area contributed by atoms with Crippen molar-refractivity contribution in [3.05, 3.63) is 41.0 Å². The highest BCUT2D eigenvalue weighted by atomic mass is 35.5. The SMILES string of the molecule is CCN1CC[C@@H](CNCc2cn[nH]c2-c2ccc(Cl)cc2)C1. The summed E-state index contributed by atoms with van der Waals surface area (Å²) < 4.78 is 0. The lowest BCUT2D eigenvalue weighted by Gasteiger charge is -2.13. The van der Waals surface area contributed by atoms with E-state index in [-0.39, 0.29) is 0 Å². The molecule has 1 aliphatic heterocycles. The van der Waals surface area contributed by atoms with Gasteiger partial charge in [-0.2, -0.15) is 5.10 Å². The van der Waals surface area contributed by atoms with Crippen LogP contribution in [0.3, 0.4) is 0 Å². The van der Waals surface area contributed by atoms with Crippen LogP contribution in [0.1, 0.15) is 18.9 Å². The van der Waals surface area contributed by atoms with Gasteiger partial charge < -0.3 is 10.2 Å². The van der Waals surface area contributed by atoms with Crippen molar-refractivity contribution in [3.63, 3.8) is 0 Å². The van der Waals surface area contributed by atoms with Crippen LogP contribution < -0.4 is 5.32 Å². The Morgan fingerprint density at radius 1 is 1.36 bits per heavy atom. The fraction of sp³-hybridized carbons (Fsp3) is 0.471. The lowest BCUT2D eigenvalue weighted by molar-refractivity contribution is 0.339. The fourth-order valence-corrected chi connectivity index (χ4v) is 3.22. The van der Waals surface area contributed by atoms with E-state index < -0.39 is 0 Å². The van der Waals surface area contributed by atoms with Gasteiger partial charge in [-0.1, -0.05) is 30.7 Å². The number of rotatable bonds is 6. The molecule has 2 heterocycles. The van der Waals surface area contributed by atoms with Crippen molar-refractivity contribution in [3.8, 4) is 11.3 Å². The van der Waals surface area contributed by atoms with Crippen LogP contribution in [-0.4, -0.2) is 41.3 Å². The van der Waals surface area contributed by atoms with Gasteiger partial charge in [0.25, 0.3) is 0 Å². The van der Waals surface area contributed by atoms with Crippen LogP contribution in [0.4, 0.5) is 0 Å². The number of likely N-dealkylation sites (tertiary alicyclic amines) is 1. The molecule has 0 bridgehead atoms. The zero-order valence-electron chi connectivity index (χ0n) is 13.0. The maximum atomic E-state index is 5.95. The molecule has 0 aliphatic carbocycles. The minimum Gasteiger partial charge on any atom is -0.312 e. The van der Waals surface area contributed by atoms with E-state index in [9.17, 15) is 0 Å². The Balaban J connectivity index is 1.55. The molecule has 2 N–H and O–H groups in total. The first-order valence-corrected chi connectivity index (χ1v) is 8.35. The van der Waals surface area contributed by atoms with E-state index in [1.807, 2.05) is 30.5 Å². The first kappa shape index (κ1) is 15.5. The van der Waals surface area contributed by atoms with Crippen LogP contribution in [-0.2, 0) is 6.54 Å². The molecule has 0 spiro atoms. The molecule has 0 amide bonds. The van der Waals surface area contributed by atoms with Gasteiger partial charge in [-0.25, -0.2) is 0 Å². The zero-order chi connectivity index (χ0) is 15.4. The molecule has 0 saturated carbocycles. The summed E-state index contributed by atoms with van der Waals surface area (Å²) >= 11 is 5.95. The monoisotopic (exact) mass is 318 g/mol. The third kappa shape index (κ3) is 3.69. The molecule has 4 nitrogen and oxygen atoms in total. The summed E-state index contributed by atoms with van der Waals surface area (Å²) in [6, 6.07) is 7.87. The lowest BCUT2D eigenvalue weighted by Crippen LogP contribution is -2.26. The molecular weight excluding hydrogens is 296 g/mol. The molecule has 1 aromatic carbocycles. The van der Waals surface area contributed by atoms with Gasteiger partial charge in [0, 0.05) is 23.7 Å². The van der Waals surface area contributed by atoms with Gasteiger partial charge in [-0.3, -0.25) is 5.10 Å². The summed E-state index contributed by atoms with van der Waals surface area (Å²) in [7, 11) is 0. The minimum atomic E-state index is 0.754. The number of nitrogens with zero attached hydrogens (tertiary/aromatic N) is 2. The highest BCUT2D eigenvalue weighted by molar-refractivity contribution is 6.30. The molecule has 1 fully saturated rings. The predicted molar refractivity (Wildman–Crippen MR) is 91.0 cm³/mol. The van der Waals surface area contributed by atoms with Crippen molar-refractivity contribution >= 4 is 11.6 Å². The Morgan fingerprint density at radius 2 is 2.18 bits per heavy atom. The maximum Gasteiger partial charge on any atom is 0.0695 e. The Hall–Kier alpha value is -1.36. The zero-order valence-corrected chi connectivity index (χ0v) is 13.7. The molecular formula is C17H23ClN4. The normalized spacial score (nSPS) is 18.9. The third-order valence-corrected chi connectivity index (χ3v) is 4.67. The summed E-state index contributed by atoms with van der Waals surface area (Å²) in [6.07, 6.45) is 3.21. The maximum absolute atomic E-state index is 5.95. The van der Waals surface area contributed by atoms with Crippen molar-refractivity contribution in [2.24, 2.45) is 5.92 Å². The highest BCUT2D eigenvalue weighted by Gasteiger charge is 2.20. The quantitative estimate of drug-likeness (QED) is 0.860. The molecule has 22 heavy (non-hydrogen) atoms. The molecule has 0 radical (unpaired) electrons. The van der Waals surface area contributed by atoms with Gasteiger partial charge in [-0.05, 0) is 49.7 Å². The van der Waals surface area contributed by atoms with Crippen molar-refractivity contribution in [1.29, 1.82) is 0 Å². The van der Waals surface area contributed by atoms with Gasteiger partial charge in [0.05, 0.1) is 11.9 Å². The summed E-state index contributed by atoms with van der Waals surface area (Å²) in [5.74, 6) is 0.769. The van der Waals surface area contributed by atoms with E-state index in [4.69, 9.17) is 11.6 Å².